The highest BCUT2D eigenvalue weighted by atomic mass is 32.2. The quantitative estimate of drug-likeness (QED) is 0.184. The molecule has 11 heteroatoms. The molecule has 0 saturated carbocycles. The van der Waals surface area contributed by atoms with Gasteiger partial charge in [-0.25, -0.2) is 5.43 Å². The van der Waals surface area contributed by atoms with Crippen molar-refractivity contribution in [3.8, 4) is 40.1 Å². The number of carbonyl (C=O) groups excluding carboxylic acids is 1. The van der Waals surface area contributed by atoms with Crippen molar-refractivity contribution >= 4 is 23.9 Å². The van der Waals surface area contributed by atoms with E-state index in [0.29, 0.717) is 33.8 Å². The molecule has 0 spiro atoms. The van der Waals surface area contributed by atoms with Crippen LogP contribution >= 0.6 is 11.8 Å². The molecule has 0 aliphatic rings. The van der Waals surface area contributed by atoms with E-state index in [2.05, 4.69) is 20.7 Å². The standard InChI is InChI=1S/C26H25N5O5S/c1-34-20-13-12-17(14-22(20)36-3)25-29-30-26(31(25)19-9-5-4-6-10-19)37-16-23(32)28-27-15-18-8-7-11-21(35-2)24(18)33/h4-15,33H,16H2,1-3H3,(H,28,32). The van der Waals surface area contributed by atoms with Gasteiger partial charge in [-0.3, -0.25) is 9.36 Å². The number of hydrazone groups is 1. The van der Waals surface area contributed by atoms with Gasteiger partial charge in [-0.15, -0.1) is 10.2 Å². The van der Waals surface area contributed by atoms with Crippen molar-refractivity contribution < 1.29 is 24.1 Å². The van der Waals surface area contributed by atoms with Gasteiger partial charge in [-0.2, -0.15) is 5.10 Å². The van der Waals surface area contributed by atoms with Crippen LogP contribution in [0.15, 0.2) is 77.0 Å². The third-order valence-corrected chi connectivity index (χ3v) is 6.19. The van der Waals surface area contributed by atoms with Crippen LogP contribution in [0.4, 0.5) is 0 Å². The summed E-state index contributed by atoms with van der Waals surface area (Å²) in [5.74, 6) is 1.70. The second-order valence-electron chi connectivity index (χ2n) is 7.53. The largest absolute Gasteiger partial charge is 0.504 e. The Morgan fingerprint density at radius 2 is 1.73 bits per heavy atom. The molecule has 0 aliphatic carbocycles. The Bertz CT molecular complexity index is 1410. The van der Waals surface area contributed by atoms with Gasteiger partial charge in [0.1, 0.15) is 0 Å². The summed E-state index contributed by atoms with van der Waals surface area (Å²) >= 11 is 1.22. The molecule has 0 saturated heterocycles. The molecule has 4 aromatic rings. The molecule has 2 N–H and O–H groups in total. The molecule has 4 rings (SSSR count). The van der Waals surface area contributed by atoms with Crippen LogP contribution in [0.1, 0.15) is 5.56 Å². The first-order chi connectivity index (χ1) is 18.0. The Hall–Kier alpha value is -4.51. The van der Waals surface area contributed by atoms with Gasteiger partial charge < -0.3 is 19.3 Å². The van der Waals surface area contributed by atoms with E-state index >= 15 is 0 Å². The Morgan fingerprint density at radius 3 is 2.46 bits per heavy atom. The van der Waals surface area contributed by atoms with Crippen molar-refractivity contribution in [2.24, 2.45) is 5.10 Å². The number of aromatic nitrogens is 3. The zero-order valence-electron chi connectivity index (χ0n) is 20.4. The molecule has 1 amide bonds. The number of carbonyl (C=O) groups is 1. The summed E-state index contributed by atoms with van der Waals surface area (Å²) in [5.41, 5.74) is 4.48. The third kappa shape index (κ3) is 5.84. The lowest BCUT2D eigenvalue weighted by molar-refractivity contribution is -0.118. The average Bonchev–Trinajstić information content (AvgIpc) is 3.37. The minimum absolute atomic E-state index is 0.0400. The number of phenols is 1. The lowest BCUT2D eigenvalue weighted by Gasteiger charge is -2.12. The first-order valence-electron chi connectivity index (χ1n) is 11.1. The van der Waals surface area contributed by atoms with Gasteiger partial charge in [0.05, 0.1) is 33.3 Å². The van der Waals surface area contributed by atoms with E-state index in [1.807, 2.05) is 47.0 Å². The fourth-order valence-electron chi connectivity index (χ4n) is 3.48. The van der Waals surface area contributed by atoms with E-state index < -0.39 is 0 Å². The lowest BCUT2D eigenvalue weighted by Crippen LogP contribution is -2.20. The Labute approximate surface area is 217 Å². The fourth-order valence-corrected chi connectivity index (χ4v) is 4.22. The Kier molecular flexibility index (Phi) is 8.26. The highest BCUT2D eigenvalue weighted by Crippen LogP contribution is 2.34. The molecule has 0 bridgehead atoms. The highest BCUT2D eigenvalue weighted by molar-refractivity contribution is 7.99. The molecular formula is C26H25N5O5S. The molecule has 0 unspecified atom stereocenters. The first-order valence-corrected chi connectivity index (χ1v) is 12.1. The number of rotatable bonds is 10. The summed E-state index contributed by atoms with van der Waals surface area (Å²) in [5, 5.41) is 23.3. The number of hydrogen-bond donors (Lipinski definition) is 2. The van der Waals surface area contributed by atoms with Gasteiger partial charge in [0.15, 0.2) is 34.0 Å². The Morgan fingerprint density at radius 1 is 0.973 bits per heavy atom. The molecule has 190 valence electrons. The van der Waals surface area contributed by atoms with Gasteiger partial charge in [-0.05, 0) is 42.5 Å². The average molecular weight is 520 g/mol. The zero-order valence-corrected chi connectivity index (χ0v) is 21.2. The molecule has 10 nitrogen and oxygen atoms in total. The molecule has 0 radical (unpaired) electrons. The topological polar surface area (TPSA) is 120 Å². The number of hydrogen-bond acceptors (Lipinski definition) is 9. The van der Waals surface area contributed by atoms with E-state index in [1.54, 1.807) is 38.5 Å². The number of methoxy groups -OCH3 is 3. The van der Waals surface area contributed by atoms with Crippen LogP contribution in [0.5, 0.6) is 23.0 Å². The number of thioether (sulfide) groups is 1. The van der Waals surface area contributed by atoms with E-state index in [1.165, 1.54) is 25.1 Å². The molecular weight excluding hydrogens is 494 g/mol. The van der Waals surface area contributed by atoms with Crippen LogP contribution < -0.4 is 19.6 Å². The SMILES string of the molecule is COc1ccc(-c2nnc(SCC(=O)NN=Cc3cccc(OC)c3O)n2-c2ccccc2)cc1OC. The summed E-state index contributed by atoms with van der Waals surface area (Å²) in [6.07, 6.45) is 1.35. The smallest absolute Gasteiger partial charge is 0.250 e. The summed E-state index contributed by atoms with van der Waals surface area (Å²) in [6, 6.07) is 20.1. The van der Waals surface area contributed by atoms with Crippen LogP contribution in [0.2, 0.25) is 0 Å². The molecule has 0 atom stereocenters. The monoisotopic (exact) mass is 519 g/mol. The van der Waals surface area contributed by atoms with Crippen LogP contribution in [-0.2, 0) is 4.79 Å². The number of benzene rings is 3. The van der Waals surface area contributed by atoms with Gasteiger partial charge in [0.2, 0.25) is 0 Å². The molecule has 0 fully saturated rings. The summed E-state index contributed by atoms with van der Waals surface area (Å²) in [6.45, 7) is 0. The highest BCUT2D eigenvalue weighted by Gasteiger charge is 2.18. The second kappa shape index (κ2) is 12.0. The van der Waals surface area contributed by atoms with Crippen molar-refractivity contribution in [2.45, 2.75) is 5.16 Å². The predicted octanol–water partition coefficient (Wildman–Crippen LogP) is 3.91. The summed E-state index contributed by atoms with van der Waals surface area (Å²) in [4.78, 5) is 12.5. The number of nitrogens with one attached hydrogen (secondary N) is 1. The van der Waals surface area contributed by atoms with Crippen LogP contribution in [0.3, 0.4) is 0 Å². The van der Waals surface area contributed by atoms with Crippen LogP contribution in [-0.4, -0.2) is 59.1 Å². The number of ether oxygens (including phenoxy) is 3. The summed E-state index contributed by atoms with van der Waals surface area (Å²) in [7, 11) is 4.61. The second-order valence-corrected chi connectivity index (χ2v) is 8.47. The van der Waals surface area contributed by atoms with Gasteiger partial charge in [0.25, 0.3) is 5.91 Å². The normalized spacial score (nSPS) is 10.9. The van der Waals surface area contributed by atoms with E-state index in [0.717, 1.165) is 11.3 Å². The zero-order chi connectivity index (χ0) is 26.2. The van der Waals surface area contributed by atoms with E-state index in [9.17, 15) is 9.90 Å². The van der Waals surface area contributed by atoms with E-state index in [-0.39, 0.29) is 17.4 Å². The minimum atomic E-state index is -0.348. The first kappa shape index (κ1) is 25.6. The third-order valence-electron chi connectivity index (χ3n) is 5.26. The lowest BCUT2D eigenvalue weighted by atomic mass is 10.2. The number of para-hydroxylation sites is 2. The van der Waals surface area contributed by atoms with E-state index in [4.69, 9.17) is 14.2 Å². The predicted molar refractivity (Wildman–Crippen MR) is 141 cm³/mol. The van der Waals surface area contributed by atoms with Crippen molar-refractivity contribution in [3.63, 3.8) is 0 Å². The summed E-state index contributed by atoms with van der Waals surface area (Å²) < 4.78 is 17.7. The molecule has 3 aromatic carbocycles. The van der Waals surface area contributed by atoms with Crippen molar-refractivity contribution in [1.29, 1.82) is 0 Å². The van der Waals surface area contributed by atoms with Crippen molar-refractivity contribution in [1.82, 2.24) is 20.2 Å². The van der Waals surface area contributed by atoms with Crippen LogP contribution in [0, 0.1) is 0 Å². The van der Waals surface area contributed by atoms with Crippen molar-refractivity contribution in [2.75, 3.05) is 27.1 Å². The van der Waals surface area contributed by atoms with Gasteiger partial charge in [-0.1, -0.05) is 36.0 Å². The van der Waals surface area contributed by atoms with Crippen molar-refractivity contribution in [3.05, 3.63) is 72.3 Å². The number of aromatic hydroxyl groups is 1. The molecule has 1 heterocycles. The molecule has 0 aliphatic heterocycles. The van der Waals surface area contributed by atoms with Gasteiger partial charge >= 0.3 is 0 Å². The number of amides is 1. The maximum Gasteiger partial charge on any atom is 0.250 e. The Balaban J connectivity index is 1.53. The maximum atomic E-state index is 12.5. The maximum absolute atomic E-state index is 12.5. The number of nitrogens with zero attached hydrogens (tertiary/aromatic N) is 4. The number of phenolic OH excluding ortho intramolecular Hbond substituents is 1. The molecule has 37 heavy (non-hydrogen) atoms. The van der Waals surface area contributed by atoms with Crippen LogP contribution in [0.25, 0.3) is 17.1 Å². The van der Waals surface area contributed by atoms with Gasteiger partial charge in [0, 0.05) is 16.8 Å². The minimum Gasteiger partial charge on any atom is -0.504 e. The molecule has 1 aromatic heterocycles. The fraction of sp³-hybridized carbons (Fsp3) is 0.154.